The topological polar surface area (TPSA) is 41.1 Å². The van der Waals surface area contributed by atoms with Crippen LogP contribution in [0.2, 0.25) is 5.02 Å². The Morgan fingerprint density at radius 1 is 1.10 bits per heavy atom. The first-order chi connectivity index (χ1) is 9.52. The molecule has 104 valence electrons. The van der Waals surface area contributed by atoms with Crippen LogP contribution < -0.4 is 10.6 Å². The van der Waals surface area contributed by atoms with Crippen LogP contribution in [0.1, 0.15) is 21.5 Å². The lowest BCUT2D eigenvalue weighted by atomic mass is 10.1. The van der Waals surface area contributed by atoms with Gasteiger partial charge in [-0.2, -0.15) is 0 Å². The smallest absolute Gasteiger partial charge is 0.257 e. The number of halogens is 1. The number of amides is 1. The Labute approximate surface area is 124 Å². The third-order valence-corrected chi connectivity index (χ3v) is 3.61. The number of aryl methyl sites for hydroxylation is 1. The van der Waals surface area contributed by atoms with E-state index in [-0.39, 0.29) is 5.91 Å². The Kier molecular flexibility index (Phi) is 4.30. The maximum atomic E-state index is 12.4. The van der Waals surface area contributed by atoms with E-state index in [1.54, 1.807) is 13.1 Å². The van der Waals surface area contributed by atoms with Crippen molar-refractivity contribution < 1.29 is 4.79 Å². The summed E-state index contributed by atoms with van der Waals surface area (Å²) in [5.41, 5.74) is 4.11. The molecule has 2 rings (SSSR count). The van der Waals surface area contributed by atoms with Crippen molar-refractivity contribution in [3.8, 4) is 0 Å². The zero-order valence-electron chi connectivity index (χ0n) is 11.8. The molecule has 0 aliphatic rings. The van der Waals surface area contributed by atoms with Crippen LogP contribution in [-0.4, -0.2) is 13.0 Å². The van der Waals surface area contributed by atoms with Crippen LogP contribution in [0.5, 0.6) is 0 Å². The van der Waals surface area contributed by atoms with Crippen LogP contribution >= 0.6 is 11.6 Å². The van der Waals surface area contributed by atoms with Crippen molar-refractivity contribution in [1.82, 2.24) is 0 Å². The molecule has 0 saturated carbocycles. The minimum atomic E-state index is -0.153. The van der Waals surface area contributed by atoms with Crippen LogP contribution in [0.4, 0.5) is 11.4 Å². The summed E-state index contributed by atoms with van der Waals surface area (Å²) in [5, 5.41) is 6.58. The Morgan fingerprint density at radius 2 is 1.85 bits per heavy atom. The fourth-order valence-corrected chi connectivity index (χ4v) is 2.17. The van der Waals surface area contributed by atoms with Crippen molar-refractivity contribution in [2.24, 2.45) is 0 Å². The minimum absolute atomic E-state index is 0.153. The molecule has 0 spiro atoms. The van der Waals surface area contributed by atoms with E-state index >= 15 is 0 Å². The van der Waals surface area contributed by atoms with Gasteiger partial charge in [-0.1, -0.05) is 23.7 Å². The highest BCUT2D eigenvalue weighted by Crippen LogP contribution is 2.24. The fourth-order valence-electron chi connectivity index (χ4n) is 2.00. The fraction of sp³-hybridized carbons (Fsp3) is 0.188. The monoisotopic (exact) mass is 288 g/mol. The maximum absolute atomic E-state index is 12.4. The first kappa shape index (κ1) is 14.4. The molecule has 0 aromatic heterocycles. The zero-order valence-corrected chi connectivity index (χ0v) is 12.5. The molecule has 0 fully saturated rings. The summed E-state index contributed by atoms with van der Waals surface area (Å²) in [6.07, 6.45) is 0. The van der Waals surface area contributed by atoms with E-state index in [9.17, 15) is 4.79 Å². The van der Waals surface area contributed by atoms with Crippen LogP contribution in [0.25, 0.3) is 0 Å². The number of rotatable bonds is 3. The highest BCUT2D eigenvalue weighted by atomic mass is 35.5. The lowest BCUT2D eigenvalue weighted by Gasteiger charge is -2.12. The molecule has 0 aliphatic carbocycles. The van der Waals surface area contributed by atoms with Crippen LogP contribution in [0, 0.1) is 13.8 Å². The largest absolute Gasteiger partial charge is 0.387 e. The zero-order chi connectivity index (χ0) is 14.7. The predicted molar refractivity (Wildman–Crippen MR) is 84.9 cm³/mol. The second kappa shape index (κ2) is 5.97. The van der Waals surface area contributed by atoms with Gasteiger partial charge >= 0.3 is 0 Å². The van der Waals surface area contributed by atoms with E-state index in [1.807, 2.05) is 44.2 Å². The van der Waals surface area contributed by atoms with Crippen molar-refractivity contribution >= 4 is 28.9 Å². The van der Waals surface area contributed by atoms with Gasteiger partial charge in [-0.25, -0.2) is 0 Å². The van der Waals surface area contributed by atoms with Crippen LogP contribution in [-0.2, 0) is 0 Å². The summed E-state index contributed by atoms with van der Waals surface area (Å²) in [4.78, 5) is 12.4. The minimum Gasteiger partial charge on any atom is -0.387 e. The number of carbonyl (C=O) groups is 1. The van der Waals surface area contributed by atoms with E-state index in [1.165, 1.54) is 0 Å². The maximum Gasteiger partial charge on any atom is 0.257 e. The summed E-state index contributed by atoms with van der Waals surface area (Å²) < 4.78 is 0. The SMILES string of the molecule is CNc1cc(C)ccc1C(=O)Nc1cccc(Cl)c1C. The lowest BCUT2D eigenvalue weighted by molar-refractivity contribution is 0.102. The Hall–Kier alpha value is -2.00. The Morgan fingerprint density at radius 3 is 2.55 bits per heavy atom. The molecule has 2 N–H and O–H groups in total. The standard InChI is InChI=1S/C16H17ClN2O/c1-10-7-8-12(15(9-10)18-3)16(20)19-14-6-4-5-13(17)11(14)2/h4-9,18H,1-3H3,(H,19,20). The van der Waals surface area contributed by atoms with Crippen molar-refractivity contribution in [1.29, 1.82) is 0 Å². The number of benzene rings is 2. The second-order valence-electron chi connectivity index (χ2n) is 4.67. The molecule has 2 aromatic carbocycles. The molecule has 0 saturated heterocycles. The molecule has 0 aliphatic heterocycles. The number of nitrogens with one attached hydrogen (secondary N) is 2. The summed E-state index contributed by atoms with van der Waals surface area (Å²) in [5.74, 6) is -0.153. The Bertz CT molecular complexity index is 653. The van der Waals surface area contributed by atoms with Gasteiger partial charge in [0.2, 0.25) is 0 Å². The number of hydrogen-bond donors (Lipinski definition) is 2. The molecule has 2 aromatic rings. The average Bonchev–Trinajstić information content (AvgIpc) is 2.43. The van der Waals surface area contributed by atoms with Gasteiger partial charge in [-0.05, 0) is 49.2 Å². The Balaban J connectivity index is 2.31. The number of hydrogen-bond acceptors (Lipinski definition) is 2. The van der Waals surface area contributed by atoms with Gasteiger partial charge in [-0.15, -0.1) is 0 Å². The van der Waals surface area contributed by atoms with Crippen molar-refractivity contribution in [3.05, 3.63) is 58.1 Å². The molecule has 0 bridgehead atoms. The van der Waals surface area contributed by atoms with E-state index in [2.05, 4.69) is 10.6 Å². The molecule has 0 radical (unpaired) electrons. The average molecular weight is 289 g/mol. The summed E-state index contributed by atoms with van der Waals surface area (Å²) in [6, 6.07) is 11.1. The summed E-state index contributed by atoms with van der Waals surface area (Å²) >= 11 is 6.06. The molecule has 1 amide bonds. The van der Waals surface area contributed by atoms with Gasteiger partial charge in [-0.3, -0.25) is 4.79 Å². The van der Waals surface area contributed by atoms with Gasteiger partial charge in [0.25, 0.3) is 5.91 Å². The van der Waals surface area contributed by atoms with Crippen molar-refractivity contribution in [3.63, 3.8) is 0 Å². The molecular formula is C16H17ClN2O. The lowest BCUT2D eigenvalue weighted by Crippen LogP contribution is -2.14. The van der Waals surface area contributed by atoms with Gasteiger partial charge in [0.1, 0.15) is 0 Å². The molecule has 3 nitrogen and oxygen atoms in total. The summed E-state index contributed by atoms with van der Waals surface area (Å²) in [7, 11) is 1.80. The van der Waals surface area contributed by atoms with E-state index < -0.39 is 0 Å². The van der Waals surface area contributed by atoms with Gasteiger partial charge in [0.05, 0.1) is 5.56 Å². The van der Waals surface area contributed by atoms with Gasteiger partial charge < -0.3 is 10.6 Å². The molecule has 0 unspecified atom stereocenters. The first-order valence-electron chi connectivity index (χ1n) is 6.38. The molecule has 4 heteroatoms. The van der Waals surface area contributed by atoms with Gasteiger partial charge in [0, 0.05) is 23.4 Å². The highest BCUT2D eigenvalue weighted by molar-refractivity contribution is 6.31. The highest BCUT2D eigenvalue weighted by Gasteiger charge is 2.12. The van der Waals surface area contributed by atoms with Crippen molar-refractivity contribution in [2.75, 3.05) is 17.7 Å². The first-order valence-corrected chi connectivity index (χ1v) is 6.75. The molecule has 20 heavy (non-hydrogen) atoms. The summed E-state index contributed by atoms with van der Waals surface area (Å²) in [6.45, 7) is 3.87. The third kappa shape index (κ3) is 2.94. The number of anilines is 2. The third-order valence-electron chi connectivity index (χ3n) is 3.20. The predicted octanol–water partition coefficient (Wildman–Crippen LogP) is 4.25. The normalized spacial score (nSPS) is 10.2. The van der Waals surface area contributed by atoms with Crippen LogP contribution in [0.15, 0.2) is 36.4 Å². The van der Waals surface area contributed by atoms with Crippen LogP contribution in [0.3, 0.4) is 0 Å². The van der Waals surface area contributed by atoms with E-state index in [0.29, 0.717) is 10.6 Å². The van der Waals surface area contributed by atoms with E-state index in [4.69, 9.17) is 11.6 Å². The second-order valence-corrected chi connectivity index (χ2v) is 5.07. The molecule has 0 atom stereocenters. The van der Waals surface area contributed by atoms with Crippen molar-refractivity contribution in [2.45, 2.75) is 13.8 Å². The molecular weight excluding hydrogens is 272 g/mol. The molecule has 0 heterocycles. The quantitative estimate of drug-likeness (QED) is 0.886. The van der Waals surface area contributed by atoms with Gasteiger partial charge in [0.15, 0.2) is 0 Å². The number of carbonyl (C=O) groups excluding carboxylic acids is 1. The van der Waals surface area contributed by atoms with E-state index in [0.717, 1.165) is 22.5 Å².